The Bertz CT molecular complexity index is 1310. The van der Waals surface area contributed by atoms with E-state index in [1.54, 1.807) is 29.6 Å². The van der Waals surface area contributed by atoms with Gasteiger partial charge in [0.25, 0.3) is 11.8 Å². The Morgan fingerprint density at radius 2 is 1.77 bits per heavy atom. The van der Waals surface area contributed by atoms with Crippen LogP contribution in [0.25, 0.3) is 11.0 Å². The quantitative estimate of drug-likeness (QED) is 0.443. The summed E-state index contributed by atoms with van der Waals surface area (Å²) in [5.41, 5.74) is 1.12. The monoisotopic (exact) mass is 438 g/mol. The highest BCUT2D eigenvalue weighted by molar-refractivity contribution is 7.14. The van der Waals surface area contributed by atoms with E-state index in [0.29, 0.717) is 11.0 Å². The summed E-state index contributed by atoms with van der Waals surface area (Å²) in [5.74, 6) is -1.14. The highest BCUT2D eigenvalue weighted by atomic mass is 32.1. The van der Waals surface area contributed by atoms with Crippen LogP contribution in [0.15, 0.2) is 47.8 Å². The third kappa shape index (κ3) is 4.33. The lowest BCUT2D eigenvalue weighted by Crippen LogP contribution is -2.16. The number of thiazole rings is 1. The number of amides is 1. The zero-order valence-electron chi connectivity index (χ0n) is 16.4. The number of aromatic nitrogens is 3. The highest BCUT2D eigenvalue weighted by Crippen LogP contribution is 2.33. The summed E-state index contributed by atoms with van der Waals surface area (Å²) in [4.78, 5) is 37.3. The summed E-state index contributed by atoms with van der Waals surface area (Å²) in [6, 6.07) is 10.7. The number of hydrogen-bond acceptors (Lipinski definition) is 8. The molecule has 0 aliphatic carbocycles. The molecular formula is C21H15FN4O4S. The first kappa shape index (κ1) is 20.4. The van der Waals surface area contributed by atoms with Gasteiger partial charge < -0.3 is 9.47 Å². The summed E-state index contributed by atoms with van der Waals surface area (Å²) >= 11 is 1.11. The van der Waals surface area contributed by atoms with Crippen LogP contribution < -0.4 is 14.8 Å². The second kappa shape index (κ2) is 8.44. The number of anilines is 1. The molecule has 4 rings (SSSR count). The van der Waals surface area contributed by atoms with Gasteiger partial charge in [0.1, 0.15) is 11.5 Å². The molecule has 2 aromatic heterocycles. The predicted molar refractivity (Wildman–Crippen MR) is 113 cm³/mol. The number of nitrogens with one attached hydrogen (secondary N) is 1. The van der Waals surface area contributed by atoms with Crippen LogP contribution in [0.1, 0.15) is 27.9 Å². The molecule has 0 unspecified atom stereocenters. The number of methoxy groups -OCH3 is 1. The number of benzene rings is 2. The number of ketones is 1. The van der Waals surface area contributed by atoms with Crippen LogP contribution >= 0.6 is 11.3 Å². The minimum atomic E-state index is -0.626. The Morgan fingerprint density at radius 3 is 2.45 bits per heavy atom. The fourth-order valence-corrected chi connectivity index (χ4v) is 3.43. The smallest absolute Gasteiger partial charge is 0.281 e. The zero-order chi connectivity index (χ0) is 22.0. The average Bonchev–Trinajstić information content (AvgIpc) is 3.23. The van der Waals surface area contributed by atoms with E-state index in [-0.39, 0.29) is 39.7 Å². The third-order valence-electron chi connectivity index (χ3n) is 4.17. The lowest BCUT2D eigenvalue weighted by molar-refractivity contribution is 0.100. The van der Waals surface area contributed by atoms with Crippen LogP contribution in [0, 0.1) is 5.82 Å². The molecule has 2 aromatic carbocycles. The molecule has 4 aromatic rings. The Kier molecular flexibility index (Phi) is 5.54. The predicted octanol–water partition coefficient (Wildman–Crippen LogP) is 4.48. The third-order valence-corrected chi connectivity index (χ3v) is 4.93. The van der Waals surface area contributed by atoms with Gasteiger partial charge in [-0.05, 0) is 24.3 Å². The second-order valence-electron chi connectivity index (χ2n) is 6.31. The summed E-state index contributed by atoms with van der Waals surface area (Å²) in [6.45, 7) is 1.39. The lowest BCUT2D eigenvalue weighted by Gasteiger charge is -2.13. The van der Waals surface area contributed by atoms with Gasteiger partial charge in [0.15, 0.2) is 28.1 Å². The minimum absolute atomic E-state index is 0.0931. The number of fused-ring (bicyclic) bond motifs is 1. The molecular weight excluding hydrogens is 423 g/mol. The van der Waals surface area contributed by atoms with E-state index in [1.807, 2.05) is 0 Å². The molecule has 0 aliphatic rings. The second-order valence-corrected chi connectivity index (χ2v) is 7.17. The molecule has 0 radical (unpaired) electrons. The van der Waals surface area contributed by atoms with Gasteiger partial charge in [-0.15, -0.1) is 11.3 Å². The van der Waals surface area contributed by atoms with Gasteiger partial charge in [-0.3, -0.25) is 14.9 Å². The van der Waals surface area contributed by atoms with E-state index in [9.17, 15) is 14.0 Å². The molecule has 8 nitrogen and oxygen atoms in total. The van der Waals surface area contributed by atoms with Gasteiger partial charge in [0.2, 0.25) is 0 Å². The first-order chi connectivity index (χ1) is 14.9. The largest absolute Gasteiger partial charge is 0.493 e. The van der Waals surface area contributed by atoms with Gasteiger partial charge in [-0.25, -0.2) is 19.3 Å². The summed E-state index contributed by atoms with van der Waals surface area (Å²) in [6.07, 6.45) is 0. The standard InChI is InChI=1S/C21H15FN4O4S/c1-11(27)15-10-31-21(25-15)26-19(28)18-20(24-14-6-4-3-5-13(14)23-18)30-16-8-7-12(22)9-17(16)29-2/h3-10H,1-2H3,(H,25,26,28). The molecule has 1 amide bonds. The maximum absolute atomic E-state index is 13.5. The fraction of sp³-hybridized carbons (Fsp3) is 0.0952. The van der Waals surface area contributed by atoms with E-state index >= 15 is 0 Å². The number of rotatable bonds is 6. The van der Waals surface area contributed by atoms with Crippen molar-refractivity contribution in [1.29, 1.82) is 0 Å². The van der Waals surface area contributed by atoms with Crippen molar-refractivity contribution >= 4 is 39.2 Å². The number of carbonyl (C=O) groups is 2. The number of halogens is 1. The zero-order valence-corrected chi connectivity index (χ0v) is 17.2. The maximum Gasteiger partial charge on any atom is 0.281 e. The topological polar surface area (TPSA) is 103 Å². The van der Waals surface area contributed by atoms with Gasteiger partial charge in [0.05, 0.1) is 18.1 Å². The highest BCUT2D eigenvalue weighted by Gasteiger charge is 2.21. The van der Waals surface area contributed by atoms with Gasteiger partial charge in [-0.2, -0.15) is 0 Å². The van der Waals surface area contributed by atoms with Crippen LogP contribution in [-0.2, 0) is 0 Å². The number of hydrogen-bond donors (Lipinski definition) is 1. The Labute approximate surface area is 179 Å². The van der Waals surface area contributed by atoms with Crippen molar-refractivity contribution < 1.29 is 23.5 Å². The van der Waals surface area contributed by atoms with Gasteiger partial charge >= 0.3 is 0 Å². The van der Waals surface area contributed by atoms with Crippen LogP contribution in [0.4, 0.5) is 9.52 Å². The van der Waals surface area contributed by atoms with Crippen LogP contribution in [0.3, 0.4) is 0 Å². The van der Waals surface area contributed by atoms with E-state index in [1.165, 1.54) is 26.2 Å². The van der Waals surface area contributed by atoms with Gasteiger partial charge in [-0.1, -0.05) is 12.1 Å². The molecule has 0 atom stereocenters. The normalized spacial score (nSPS) is 10.7. The Hall–Kier alpha value is -3.92. The fourth-order valence-electron chi connectivity index (χ4n) is 2.68. The van der Waals surface area contributed by atoms with Crippen molar-refractivity contribution in [3.05, 3.63) is 65.0 Å². The summed E-state index contributed by atoms with van der Waals surface area (Å²) < 4.78 is 24.5. The molecule has 156 valence electrons. The molecule has 0 spiro atoms. The van der Waals surface area contributed by atoms with Crippen molar-refractivity contribution in [3.63, 3.8) is 0 Å². The number of Topliss-reactive ketones (excluding diaryl/α,β-unsaturated/α-hetero) is 1. The van der Waals surface area contributed by atoms with E-state index in [0.717, 1.165) is 17.4 Å². The molecule has 10 heteroatoms. The number of para-hydroxylation sites is 2. The Balaban J connectivity index is 1.74. The van der Waals surface area contributed by atoms with Gasteiger partial charge in [0, 0.05) is 18.4 Å². The molecule has 1 N–H and O–H groups in total. The maximum atomic E-state index is 13.5. The molecule has 0 saturated carbocycles. The van der Waals surface area contributed by atoms with E-state index in [4.69, 9.17) is 9.47 Å². The van der Waals surface area contributed by atoms with Crippen LogP contribution in [-0.4, -0.2) is 33.8 Å². The first-order valence-corrected chi connectivity index (χ1v) is 9.88. The summed E-state index contributed by atoms with van der Waals surface area (Å²) in [7, 11) is 1.37. The van der Waals surface area contributed by atoms with Crippen molar-refractivity contribution in [2.24, 2.45) is 0 Å². The number of carbonyl (C=O) groups excluding carboxylic acids is 2. The lowest BCUT2D eigenvalue weighted by atomic mass is 10.2. The molecule has 0 aliphatic heterocycles. The number of nitrogens with zero attached hydrogens (tertiary/aromatic N) is 3. The molecule has 2 heterocycles. The van der Waals surface area contributed by atoms with Crippen molar-refractivity contribution in [1.82, 2.24) is 15.0 Å². The van der Waals surface area contributed by atoms with Crippen molar-refractivity contribution in [2.75, 3.05) is 12.4 Å². The molecule has 0 fully saturated rings. The van der Waals surface area contributed by atoms with Crippen molar-refractivity contribution in [2.45, 2.75) is 6.92 Å². The Morgan fingerprint density at radius 1 is 1.03 bits per heavy atom. The molecule has 0 bridgehead atoms. The number of ether oxygens (including phenoxy) is 2. The molecule has 31 heavy (non-hydrogen) atoms. The summed E-state index contributed by atoms with van der Waals surface area (Å²) in [5, 5.41) is 4.38. The van der Waals surface area contributed by atoms with E-state index < -0.39 is 11.7 Å². The van der Waals surface area contributed by atoms with E-state index in [2.05, 4.69) is 20.3 Å². The van der Waals surface area contributed by atoms with Crippen molar-refractivity contribution in [3.8, 4) is 17.4 Å². The molecule has 0 saturated heterocycles. The minimum Gasteiger partial charge on any atom is -0.493 e. The van der Waals surface area contributed by atoms with Crippen LogP contribution in [0.5, 0.6) is 17.4 Å². The first-order valence-electron chi connectivity index (χ1n) is 9.00. The average molecular weight is 438 g/mol. The van der Waals surface area contributed by atoms with Crippen LogP contribution in [0.2, 0.25) is 0 Å². The SMILES string of the molecule is COc1cc(F)ccc1Oc1nc2ccccc2nc1C(=O)Nc1nc(C(C)=O)cs1.